The van der Waals surface area contributed by atoms with E-state index in [0.29, 0.717) is 6.54 Å². The molecule has 0 saturated carbocycles. The van der Waals surface area contributed by atoms with Crippen LogP contribution < -0.4 is 9.50 Å². The van der Waals surface area contributed by atoms with Gasteiger partial charge < -0.3 is 14.2 Å². The molecule has 0 aliphatic carbocycles. The summed E-state index contributed by atoms with van der Waals surface area (Å²) in [5, 5.41) is 2.69. The fraction of sp³-hybridized carbons (Fsp3) is 0.364. The highest BCUT2D eigenvalue weighted by molar-refractivity contribution is 7.86. The largest absolute Gasteiger partial charge is 0.383 e. The van der Waals surface area contributed by atoms with Crippen LogP contribution in [0.3, 0.4) is 0 Å². The Balaban J connectivity index is 2.06. The first-order valence-electron chi connectivity index (χ1n) is 5.32. The van der Waals surface area contributed by atoms with Gasteiger partial charge in [0.1, 0.15) is 18.5 Å². The quantitative estimate of drug-likeness (QED) is 0.795. The Kier molecular flexibility index (Phi) is 3.53. The summed E-state index contributed by atoms with van der Waals surface area (Å²) in [4.78, 5) is 10.9. The third kappa shape index (κ3) is 3.44. The summed E-state index contributed by atoms with van der Waals surface area (Å²) in [6.45, 7) is 0.442. The molecule has 0 bridgehead atoms. The minimum absolute atomic E-state index is 0.0340. The number of nitrogens with one attached hydrogen (secondary N) is 1. The first kappa shape index (κ1) is 12.8. The van der Waals surface area contributed by atoms with Gasteiger partial charge >= 0.3 is 10.1 Å². The SMILES string of the molecule is CS(=O)(=O)Oc1ccc([C@@H]2CNC(=O)CO2)cc1. The smallest absolute Gasteiger partial charge is 0.306 e. The summed E-state index contributed by atoms with van der Waals surface area (Å²) in [6.07, 6.45) is 0.774. The first-order valence-corrected chi connectivity index (χ1v) is 7.13. The van der Waals surface area contributed by atoms with Gasteiger partial charge in [-0.15, -0.1) is 0 Å². The fourth-order valence-electron chi connectivity index (χ4n) is 1.62. The molecule has 98 valence electrons. The van der Waals surface area contributed by atoms with Gasteiger partial charge in [-0.3, -0.25) is 4.79 Å². The zero-order chi connectivity index (χ0) is 13.2. The predicted molar refractivity (Wildman–Crippen MR) is 63.6 cm³/mol. The molecule has 1 saturated heterocycles. The van der Waals surface area contributed by atoms with Gasteiger partial charge in [0, 0.05) is 6.54 Å². The summed E-state index contributed by atoms with van der Waals surface area (Å²) in [7, 11) is -3.51. The Morgan fingerprint density at radius 2 is 2.00 bits per heavy atom. The van der Waals surface area contributed by atoms with Crippen molar-refractivity contribution in [3.63, 3.8) is 0 Å². The van der Waals surface area contributed by atoms with Crippen LogP contribution in [0.4, 0.5) is 0 Å². The van der Waals surface area contributed by atoms with Crippen molar-refractivity contribution in [2.75, 3.05) is 19.4 Å². The maximum Gasteiger partial charge on any atom is 0.306 e. The fourth-order valence-corrected chi connectivity index (χ4v) is 2.08. The van der Waals surface area contributed by atoms with Crippen molar-refractivity contribution in [1.82, 2.24) is 5.32 Å². The second-order valence-corrected chi connectivity index (χ2v) is 5.54. The predicted octanol–water partition coefficient (Wildman–Crippen LogP) is 0.212. The summed E-state index contributed by atoms with van der Waals surface area (Å²) < 4.78 is 31.9. The van der Waals surface area contributed by atoms with Crippen LogP contribution in [0.1, 0.15) is 11.7 Å². The van der Waals surface area contributed by atoms with E-state index in [1.807, 2.05) is 0 Å². The minimum atomic E-state index is -3.51. The summed E-state index contributed by atoms with van der Waals surface area (Å²) in [5.74, 6) is 0.115. The molecular weight excluding hydrogens is 258 g/mol. The molecule has 0 spiro atoms. The Morgan fingerprint density at radius 1 is 1.33 bits per heavy atom. The molecule has 1 aromatic rings. The van der Waals surface area contributed by atoms with Gasteiger partial charge in [-0.05, 0) is 17.7 Å². The van der Waals surface area contributed by atoms with Crippen LogP contribution in [0.5, 0.6) is 5.75 Å². The zero-order valence-corrected chi connectivity index (χ0v) is 10.6. The Morgan fingerprint density at radius 3 is 2.50 bits per heavy atom. The number of ether oxygens (including phenoxy) is 1. The molecule has 1 aliphatic rings. The van der Waals surface area contributed by atoms with Crippen LogP contribution in [0.2, 0.25) is 0 Å². The number of carbonyl (C=O) groups excluding carboxylic acids is 1. The zero-order valence-electron chi connectivity index (χ0n) is 9.75. The molecule has 1 heterocycles. The molecule has 1 fully saturated rings. The topological polar surface area (TPSA) is 81.7 Å². The minimum Gasteiger partial charge on any atom is -0.383 e. The maximum atomic E-state index is 10.9. The van der Waals surface area contributed by atoms with Crippen molar-refractivity contribution in [2.45, 2.75) is 6.10 Å². The van der Waals surface area contributed by atoms with E-state index < -0.39 is 10.1 Å². The third-order valence-electron chi connectivity index (χ3n) is 2.40. The standard InChI is InChI=1S/C11H13NO5S/c1-18(14,15)17-9-4-2-8(3-5-9)10-6-12-11(13)7-16-10/h2-5,10H,6-7H2,1H3,(H,12,13)/t10-/m0/s1. The first-order chi connectivity index (χ1) is 8.44. The molecule has 2 rings (SSSR count). The molecule has 0 unspecified atom stereocenters. The lowest BCUT2D eigenvalue weighted by atomic mass is 10.1. The highest BCUT2D eigenvalue weighted by atomic mass is 32.2. The van der Waals surface area contributed by atoms with Crippen molar-refractivity contribution in [2.24, 2.45) is 0 Å². The molecular formula is C11H13NO5S. The molecule has 1 amide bonds. The maximum absolute atomic E-state index is 10.9. The lowest BCUT2D eigenvalue weighted by molar-refractivity contribution is -0.133. The molecule has 6 nitrogen and oxygen atoms in total. The van der Waals surface area contributed by atoms with E-state index in [1.165, 1.54) is 0 Å². The van der Waals surface area contributed by atoms with Crippen molar-refractivity contribution < 1.29 is 22.1 Å². The van der Waals surface area contributed by atoms with Gasteiger partial charge in [-0.2, -0.15) is 8.42 Å². The van der Waals surface area contributed by atoms with Gasteiger partial charge in [-0.1, -0.05) is 12.1 Å². The second kappa shape index (κ2) is 4.95. The van der Waals surface area contributed by atoms with Crippen LogP contribution in [-0.4, -0.2) is 33.7 Å². The monoisotopic (exact) mass is 271 g/mol. The summed E-state index contributed by atoms with van der Waals surface area (Å²) in [6, 6.07) is 6.53. The van der Waals surface area contributed by atoms with E-state index in [9.17, 15) is 13.2 Å². The number of carbonyl (C=O) groups is 1. The van der Waals surface area contributed by atoms with E-state index >= 15 is 0 Å². The number of rotatable bonds is 3. The van der Waals surface area contributed by atoms with E-state index in [1.54, 1.807) is 24.3 Å². The molecule has 1 aromatic carbocycles. The van der Waals surface area contributed by atoms with E-state index in [4.69, 9.17) is 8.92 Å². The van der Waals surface area contributed by atoms with Crippen molar-refractivity contribution in [3.05, 3.63) is 29.8 Å². The Bertz CT molecular complexity index is 527. The number of benzene rings is 1. The van der Waals surface area contributed by atoms with Gasteiger partial charge in [0.05, 0.1) is 6.26 Å². The third-order valence-corrected chi connectivity index (χ3v) is 2.89. The lowest BCUT2D eigenvalue weighted by Crippen LogP contribution is -2.38. The van der Waals surface area contributed by atoms with Crippen LogP contribution in [-0.2, 0) is 19.6 Å². The normalized spacial score (nSPS) is 20.3. The van der Waals surface area contributed by atoms with Gasteiger partial charge in [0.15, 0.2) is 0 Å². The summed E-state index contributed by atoms with van der Waals surface area (Å²) >= 11 is 0. The number of morpholine rings is 1. The Hall–Kier alpha value is -1.60. The lowest BCUT2D eigenvalue weighted by Gasteiger charge is -2.23. The highest BCUT2D eigenvalue weighted by Crippen LogP contribution is 2.22. The van der Waals surface area contributed by atoms with E-state index in [-0.39, 0.29) is 24.4 Å². The van der Waals surface area contributed by atoms with Crippen molar-refractivity contribution in [1.29, 1.82) is 0 Å². The van der Waals surface area contributed by atoms with Crippen LogP contribution >= 0.6 is 0 Å². The highest BCUT2D eigenvalue weighted by Gasteiger charge is 2.20. The molecule has 1 atom stereocenters. The molecule has 0 radical (unpaired) electrons. The van der Waals surface area contributed by atoms with E-state index in [0.717, 1.165) is 11.8 Å². The van der Waals surface area contributed by atoms with Gasteiger partial charge in [-0.25, -0.2) is 0 Å². The van der Waals surface area contributed by atoms with Crippen LogP contribution in [0, 0.1) is 0 Å². The Labute approximate surface area is 105 Å². The van der Waals surface area contributed by atoms with Crippen molar-refractivity contribution in [3.8, 4) is 5.75 Å². The number of amides is 1. The average molecular weight is 271 g/mol. The van der Waals surface area contributed by atoms with Crippen molar-refractivity contribution >= 4 is 16.0 Å². The molecule has 1 N–H and O–H groups in total. The number of hydrogen-bond donors (Lipinski definition) is 1. The second-order valence-electron chi connectivity index (χ2n) is 3.96. The summed E-state index contributed by atoms with van der Waals surface area (Å²) in [5.41, 5.74) is 0.857. The molecule has 1 aliphatic heterocycles. The number of hydrogen-bond acceptors (Lipinski definition) is 5. The van der Waals surface area contributed by atoms with Crippen LogP contribution in [0.15, 0.2) is 24.3 Å². The van der Waals surface area contributed by atoms with Gasteiger partial charge in [0.25, 0.3) is 0 Å². The van der Waals surface area contributed by atoms with Gasteiger partial charge in [0.2, 0.25) is 5.91 Å². The molecule has 0 aromatic heterocycles. The molecule has 7 heteroatoms. The van der Waals surface area contributed by atoms with E-state index in [2.05, 4.69) is 5.32 Å². The van der Waals surface area contributed by atoms with Crippen LogP contribution in [0.25, 0.3) is 0 Å². The molecule has 18 heavy (non-hydrogen) atoms. The average Bonchev–Trinajstić information content (AvgIpc) is 2.29.